The molecular weight excluding hydrogens is 254 g/mol. The molecule has 0 aromatic heterocycles. The van der Waals surface area contributed by atoms with Crippen molar-refractivity contribution in [3.05, 3.63) is 29.8 Å². The van der Waals surface area contributed by atoms with Crippen LogP contribution in [0.5, 0.6) is 5.75 Å². The summed E-state index contributed by atoms with van der Waals surface area (Å²) >= 11 is 0. The average Bonchev–Trinajstić information content (AvgIpc) is 2.43. The van der Waals surface area contributed by atoms with Crippen LogP contribution in [-0.2, 0) is 9.47 Å². The highest BCUT2D eigenvalue weighted by Gasteiger charge is 2.24. The van der Waals surface area contributed by atoms with Crippen molar-refractivity contribution in [2.24, 2.45) is 0 Å². The van der Waals surface area contributed by atoms with Crippen molar-refractivity contribution < 1.29 is 14.2 Å². The van der Waals surface area contributed by atoms with Crippen molar-refractivity contribution >= 4 is 0 Å². The van der Waals surface area contributed by atoms with E-state index < -0.39 is 0 Å². The minimum absolute atomic E-state index is 0.253. The Kier molecular flexibility index (Phi) is 5.40. The Morgan fingerprint density at radius 1 is 1.25 bits per heavy atom. The number of hydrogen-bond donors (Lipinski definition) is 0. The van der Waals surface area contributed by atoms with Gasteiger partial charge in [0.25, 0.3) is 0 Å². The Bertz CT molecular complexity index is 459. The molecule has 1 aromatic carbocycles. The zero-order valence-electron chi connectivity index (χ0n) is 12.0. The van der Waals surface area contributed by atoms with Crippen molar-refractivity contribution in [1.29, 1.82) is 5.26 Å². The standard InChI is InChI=1S/C16H21NO3/c1-12-8-16(9-13(2)20-12)19-7-6-18-15-5-3-4-14(10-15)11-17/h3-5,10,12-13,16H,6-9H2,1-2H3. The van der Waals surface area contributed by atoms with Gasteiger partial charge < -0.3 is 14.2 Å². The molecule has 0 bridgehead atoms. The number of benzene rings is 1. The van der Waals surface area contributed by atoms with Gasteiger partial charge in [0.2, 0.25) is 0 Å². The Morgan fingerprint density at radius 2 is 2.00 bits per heavy atom. The summed E-state index contributed by atoms with van der Waals surface area (Å²) in [4.78, 5) is 0. The predicted molar refractivity (Wildman–Crippen MR) is 75.6 cm³/mol. The van der Waals surface area contributed by atoms with Crippen LogP contribution in [0.25, 0.3) is 0 Å². The third-order valence-electron chi connectivity index (χ3n) is 3.32. The van der Waals surface area contributed by atoms with Crippen molar-refractivity contribution in [2.75, 3.05) is 13.2 Å². The highest BCUT2D eigenvalue weighted by atomic mass is 16.5. The van der Waals surface area contributed by atoms with E-state index in [0.717, 1.165) is 12.8 Å². The van der Waals surface area contributed by atoms with E-state index in [1.807, 2.05) is 12.1 Å². The first-order valence-corrected chi connectivity index (χ1v) is 7.07. The molecule has 0 N–H and O–H groups in total. The van der Waals surface area contributed by atoms with Crippen molar-refractivity contribution in [3.8, 4) is 11.8 Å². The molecule has 1 fully saturated rings. The maximum absolute atomic E-state index is 8.81. The number of nitriles is 1. The molecule has 4 nitrogen and oxygen atoms in total. The van der Waals surface area contributed by atoms with E-state index in [1.165, 1.54) is 0 Å². The topological polar surface area (TPSA) is 51.5 Å². The second-order valence-electron chi connectivity index (χ2n) is 5.21. The van der Waals surface area contributed by atoms with Crippen LogP contribution in [0.1, 0.15) is 32.3 Å². The lowest BCUT2D eigenvalue weighted by atomic mass is 10.0. The summed E-state index contributed by atoms with van der Waals surface area (Å²) in [5.74, 6) is 0.710. The molecule has 2 atom stereocenters. The molecule has 1 saturated heterocycles. The third-order valence-corrected chi connectivity index (χ3v) is 3.32. The second kappa shape index (κ2) is 7.28. The number of rotatable bonds is 5. The van der Waals surface area contributed by atoms with E-state index in [4.69, 9.17) is 19.5 Å². The molecule has 1 aromatic rings. The van der Waals surface area contributed by atoms with Gasteiger partial charge in [-0.15, -0.1) is 0 Å². The summed E-state index contributed by atoms with van der Waals surface area (Å²) in [5, 5.41) is 8.81. The molecule has 2 rings (SSSR count). The highest BCUT2D eigenvalue weighted by Crippen LogP contribution is 2.21. The Balaban J connectivity index is 1.70. The summed E-state index contributed by atoms with van der Waals surface area (Å²) in [6.45, 7) is 5.21. The van der Waals surface area contributed by atoms with E-state index >= 15 is 0 Å². The zero-order chi connectivity index (χ0) is 14.4. The predicted octanol–water partition coefficient (Wildman–Crippen LogP) is 2.91. The molecule has 1 aliphatic rings. The SMILES string of the molecule is CC1CC(OCCOc2cccc(C#N)c2)CC(C)O1. The molecule has 4 heteroatoms. The fourth-order valence-corrected chi connectivity index (χ4v) is 2.51. The molecule has 0 amide bonds. The number of nitrogens with zero attached hydrogens (tertiary/aromatic N) is 1. The Hall–Kier alpha value is -1.57. The lowest BCUT2D eigenvalue weighted by Gasteiger charge is -2.31. The lowest BCUT2D eigenvalue weighted by molar-refractivity contribution is -0.104. The summed E-state index contributed by atoms with van der Waals surface area (Å²) in [6.07, 6.45) is 2.65. The van der Waals surface area contributed by atoms with E-state index in [0.29, 0.717) is 24.5 Å². The quantitative estimate of drug-likeness (QED) is 0.775. The smallest absolute Gasteiger partial charge is 0.120 e. The van der Waals surface area contributed by atoms with Crippen LogP contribution in [0, 0.1) is 11.3 Å². The average molecular weight is 275 g/mol. The lowest BCUT2D eigenvalue weighted by Crippen LogP contribution is -2.34. The van der Waals surface area contributed by atoms with Crippen LogP contribution >= 0.6 is 0 Å². The molecule has 1 heterocycles. The fourth-order valence-electron chi connectivity index (χ4n) is 2.51. The molecule has 0 aliphatic carbocycles. The second-order valence-corrected chi connectivity index (χ2v) is 5.21. The molecule has 2 unspecified atom stereocenters. The van der Waals surface area contributed by atoms with E-state index in [1.54, 1.807) is 12.1 Å². The van der Waals surface area contributed by atoms with Gasteiger partial charge in [-0.25, -0.2) is 0 Å². The maximum Gasteiger partial charge on any atom is 0.120 e. The fraction of sp³-hybridized carbons (Fsp3) is 0.562. The van der Waals surface area contributed by atoms with Gasteiger partial charge in [0.15, 0.2) is 0 Å². The van der Waals surface area contributed by atoms with Crippen molar-refractivity contribution in [3.63, 3.8) is 0 Å². The minimum atomic E-state index is 0.253. The summed E-state index contributed by atoms with van der Waals surface area (Å²) in [7, 11) is 0. The van der Waals surface area contributed by atoms with Gasteiger partial charge in [-0.2, -0.15) is 5.26 Å². The van der Waals surface area contributed by atoms with E-state index in [9.17, 15) is 0 Å². The molecule has 0 spiro atoms. The third kappa shape index (κ3) is 4.52. The van der Waals surface area contributed by atoms with E-state index in [-0.39, 0.29) is 18.3 Å². The van der Waals surface area contributed by atoms with Crippen molar-refractivity contribution in [2.45, 2.75) is 45.0 Å². The molecule has 0 saturated carbocycles. The Morgan fingerprint density at radius 3 is 2.70 bits per heavy atom. The van der Waals surface area contributed by atoms with Crippen LogP contribution in [0.4, 0.5) is 0 Å². The van der Waals surface area contributed by atoms with Crippen molar-refractivity contribution in [1.82, 2.24) is 0 Å². The van der Waals surface area contributed by atoms with Crippen LogP contribution in [0.15, 0.2) is 24.3 Å². The first kappa shape index (κ1) is 14.8. The summed E-state index contributed by atoms with van der Waals surface area (Å²) < 4.78 is 17.1. The van der Waals surface area contributed by atoms with Gasteiger partial charge in [-0.05, 0) is 44.9 Å². The molecular formula is C16H21NO3. The first-order valence-electron chi connectivity index (χ1n) is 7.07. The molecule has 0 radical (unpaired) electrons. The molecule has 1 aliphatic heterocycles. The first-order chi connectivity index (χ1) is 9.67. The minimum Gasteiger partial charge on any atom is -0.491 e. The van der Waals surface area contributed by atoms with Gasteiger partial charge in [0.1, 0.15) is 12.4 Å². The van der Waals surface area contributed by atoms with Gasteiger partial charge >= 0.3 is 0 Å². The van der Waals surface area contributed by atoms with Gasteiger partial charge in [-0.3, -0.25) is 0 Å². The van der Waals surface area contributed by atoms with Crippen LogP contribution in [0.3, 0.4) is 0 Å². The largest absolute Gasteiger partial charge is 0.491 e. The van der Waals surface area contributed by atoms with E-state index in [2.05, 4.69) is 19.9 Å². The highest BCUT2D eigenvalue weighted by molar-refractivity contribution is 5.36. The number of ether oxygens (including phenoxy) is 3. The molecule has 108 valence electrons. The summed E-state index contributed by atoms with van der Waals surface area (Å²) in [5.41, 5.74) is 0.607. The summed E-state index contributed by atoms with van der Waals surface area (Å²) in [6, 6.07) is 9.25. The monoisotopic (exact) mass is 275 g/mol. The van der Waals surface area contributed by atoms with Crippen LogP contribution in [-0.4, -0.2) is 31.5 Å². The maximum atomic E-state index is 8.81. The molecule has 20 heavy (non-hydrogen) atoms. The van der Waals surface area contributed by atoms with Crippen LogP contribution < -0.4 is 4.74 Å². The zero-order valence-corrected chi connectivity index (χ0v) is 12.0. The van der Waals surface area contributed by atoms with Gasteiger partial charge in [0.05, 0.1) is 36.6 Å². The van der Waals surface area contributed by atoms with Crippen LogP contribution in [0.2, 0.25) is 0 Å². The Labute approximate surface area is 120 Å². The van der Waals surface area contributed by atoms with Gasteiger partial charge in [0, 0.05) is 0 Å². The van der Waals surface area contributed by atoms with Gasteiger partial charge in [-0.1, -0.05) is 6.07 Å². The normalized spacial score (nSPS) is 25.9. The number of hydrogen-bond acceptors (Lipinski definition) is 4.